The van der Waals surface area contributed by atoms with E-state index < -0.39 is 11.7 Å². The fourth-order valence-electron chi connectivity index (χ4n) is 2.29. The summed E-state index contributed by atoms with van der Waals surface area (Å²) in [4.78, 5) is 11.9. The molecular formula is C13H21N3O2. The Kier molecular flexibility index (Phi) is 3.32. The number of carbonyl (C=O) groups excluding carboxylic acids is 1. The maximum Gasteiger partial charge on any atom is 0.437 e. The summed E-state index contributed by atoms with van der Waals surface area (Å²) in [6.45, 7) is 5.47. The molecule has 2 N–H and O–H groups in total. The Hall–Kier alpha value is -1.52. The van der Waals surface area contributed by atoms with Gasteiger partial charge in [-0.3, -0.25) is 0 Å². The molecule has 0 saturated heterocycles. The van der Waals surface area contributed by atoms with Crippen molar-refractivity contribution in [2.45, 2.75) is 58.0 Å². The Bertz CT molecular complexity index is 440. The summed E-state index contributed by atoms with van der Waals surface area (Å²) in [6, 6.07) is 1.79. The number of carbonyl (C=O) groups is 1. The summed E-state index contributed by atoms with van der Waals surface area (Å²) >= 11 is 0. The Morgan fingerprint density at radius 2 is 2.06 bits per heavy atom. The van der Waals surface area contributed by atoms with Crippen molar-refractivity contribution in [2.75, 3.05) is 5.73 Å². The van der Waals surface area contributed by atoms with Gasteiger partial charge in [0.1, 0.15) is 11.4 Å². The Morgan fingerprint density at radius 3 is 2.61 bits per heavy atom. The fraction of sp³-hybridized carbons (Fsp3) is 0.692. The van der Waals surface area contributed by atoms with Gasteiger partial charge in [-0.1, -0.05) is 12.8 Å². The van der Waals surface area contributed by atoms with Crippen LogP contribution >= 0.6 is 0 Å². The van der Waals surface area contributed by atoms with E-state index in [0.29, 0.717) is 11.7 Å². The summed E-state index contributed by atoms with van der Waals surface area (Å²) in [6.07, 6.45) is 4.20. The molecule has 0 radical (unpaired) electrons. The van der Waals surface area contributed by atoms with Crippen LogP contribution in [0, 0.1) is 0 Å². The minimum atomic E-state index is -0.539. The van der Waals surface area contributed by atoms with Gasteiger partial charge in [0.05, 0.1) is 5.69 Å². The van der Waals surface area contributed by atoms with Crippen molar-refractivity contribution in [3.63, 3.8) is 0 Å². The highest BCUT2D eigenvalue weighted by molar-refractivity contribution is 5.73. The molecule has 1 aromatic heterocycles. The monoisotopic (exact) mass is 251 g/mol. The van der Waals surface area contributed by atoms with Gasteiger partial charge in [0, 0.05) is 12.0 Å². The van der Waals surface area contributed by atoms with E-state index in [4.69, 9.17) is 10.5 Å². The highest BCUT2D eigenvalue weighted by Crippen LogP contribution is 2.34. The molecule has 5 heteroatoms. The molecular weight excluding hydrogens is 230 g/mol. The molecule has 100 valence electrons. The number of aromatic nitrogens is 2. The van der Waals surface area contributed by atoms with E-state index in [1.165, 1.54) is 17.5 Å². The van der Waals surface area contributed by atoms with Gasteiger partial charge in [0.15, 0.2) is 0 Å². The Morgan fingerprint density at radius 1 is 1.44 bits per heavy atom. The number of nitrogen functional groups attached to an aromatic ring is 1. The van der Waals surface area contributed by atoms with Crippen molar-refractivity contribution >= 4 is 11.9 Å². The maximum atomic E-state index is 11.9. The number of hydrogen-bond acceptors (Lipinski definition) is 4. The lowest BCUT2D eigenvalue weighted by Gasteiger charge is -2.19. The zero-order valence-electron chi connectivity index (χ0n) is 11.3. The van der Waals surface area contributed by atoms with Gasteiger partial charge in [0.25, 0.3) is 0 Å². The van der Waals surface area contributed by atoms with Crippen LogP contribution in [0.3, 0.4) is 0 Å². The molecule has 1 aromatic rings. The van der Waals surface area contributed by atoms with Gasteiger partial charge in [-0.15, -0.1) is 4.68 Å². The van der Waals surface area contributed by atoms with Crippen molar-refractivity contribution in [2.24, 2.45) is 0 Å². The predicted octanol–water partition coefficient (Wildman–Crippen LogP) is 2.91. The number of rotatable bonds is 1. The van der Waals surface area contributed by atoms with Crippen LogP contribution in [0.25, 0.3) is 0 Å². The lowest BCUT2D eigenvalue weighted by molar-refractivity contribution is 0.0518. The van der Waals surface area contributed by atoms with E-state index in [1.807, 2.05) is 20.8 Å². The van der Waals surface area contributed by atoms with Crippen molar-refractivity contribution in [1.29, 1.82) is 0 Å². The van der Waals surface area contributed by atoms with Crippen LogP contribution in [-0.2, 0) is 4.74 Å². The van der Waals surface area contributed by atoms with E-state index in [1.54, 1.807) is 6.07 Å². The van der Waals surface area contributed by atoms with Gasteiger partial charge in [-0.2, -0.15) is 5.10 Å². The molecule has 0 aliphatic heterocycles. The highest BCUT2D eigenvalue weighted by Gasteiger charge is 2.24. The SMILES string of the molecule is CC(C)(C)OC(=O)n1nc(C2CCCC2)cc1N. The van der Waals surface area contributed by atoms with E-state index in [0.717, 1.165) is 18.5 Å². The van der Waals surface area contributed by atoms with E-state index >= 15 is 0 Å². The second-order valence-electron chi connectivity index (χ2n) is 5.87. The largest absolute Gasteiger partial charge is 0.442 e. The van der Waals surface area contributed by atoms with Gasteiger partial charge in [-0.05, 0) is 33.6 Å². The minimum Gasteiger partial charge on any atom is -0.442 e. The van der Waals surface area contributed by atoms with Crippen molar-refractivity contribution in [1.82, 2.24) is 9.78 Å². The summed E-state index contributed by atoms with van der Waals surface area (Å²) in [7, 11) is 0. The third kappa shape index (κ3) is 2.83. The lowest BCUT2D eigenvalue weighted by atomic mass is 10.1. The Labute approximate surface area is 107 Å². The predicted molar refractivity (Wildman–Crippen MR) is 69.5 cm³/mol. The summed E-state index contributed by atoms with van der Waals surface area (Å²) in [5.41, 5.74) is 6.20. The number of hydrogen-bond donors (Lipinski definition) is 1. The lowest BCUT2D eigenvalue weighted by Crippen LogP contribution is -2.28. The molecule has 1 fully saturated rings. The molecule has 1 heterocycles. The zero-order valence-corrected chi connectivity index (χ0v) is 11.3. The van der Waals surface area contributed by atoms with Crippen LogP contribution in [0.4, 0.5) is 10.6 Å². The first kappa shape index (κ1) is 12.9. The normalized spacial score (nSPS) is 17.1. The quantitative estimate of drug-likeness (QED) is 0.833. The maximum absolute atomic E-state index is 11.9. The standard InChI is InChI=1S/C13H21N3O2/c1-13(2,3)18-12(17)16-11(14)8-10(15-16)9-6-4-5-7-9/h8-9H,4-7,14H2,1-3H3. The van der Waals surface area contributed by atoms with Crippen molar-refractivity contribution < 1.29 is 9.53 Å². The molecule has 0 atom stereocenters. The van der Waals surface area contributed by atoms with Crippen molar-refractivity contribution in [3.8, 4) is 0 Å². The fourth-order valence-corrected chi connectivity index (χ4v) is 2.29. The first-order valence-corrected chi connectivity index (χ1v) is 6.45. The molecule has 0 spiro atoms. The van der Waals surface area contributed by atoms with Crippen molar-refractivity contribution in [3.05, 3.63) is 11.8 Å². The first-order valence-electron chi connectivity index (χ1n) is 6.45. The van der Waals surface area contributed by atoms with Crippen LogP contribution in [-0.4, -0.2) is 21.5 Å². The molecule has 18 heavy (non-hydrogen) atoms. The van der Waals surface area contributed by atoms with Crippen LogP contribution in [0.1, 0.15) is 58.1 Å². The smallest absolute Gasteiger partial charge is 0.437 e. The summed E-state index contributed by atoms with van der Waals surface area (Å²) < 4.78 is 6.43. The number of ether oxygens (including phenoxy) is 1. The molecule has 1 aliphatic carbocycles. The molecule has 2 rings (SSSR count). The summed E-state index contributed by atoms with van der Waals surface area (Å²) in [5, 5.41) is 4.29. The minimum absolute atomic E-state index is 0.353. The second-order valence-corrected chi connectivity index (χ2v) is 5.87. The van der Waals surface area contributed by atoms with Gasteiger partial charge in [0.2, 0.25) is 0 Å². The molecule has 0 amide bonds. The molecule has 0 aromatic carbocycles. The van der Waals surface area contributed by atoms with E-state index in [2.05, 4.69) is 5.10 Å². The third-order valence-electron chi connectivity index (χ3n) is 3.10. The molecule has 1 saturated carbocycles. The molecule has 0 bridgehead atoms. The van der Waals surface area contributed by atoms with E-state index in [-0.39, 0.29) is 0 Å². The Balaban J connectivity index is 2.16. The van der Waals surface area contributed by atoms with Crippen LogP contribution in [0.15, 0.2) is 6.07 Å². The number of nitrogens with zero attached hydrogens (tertiary/aromatic N) is 2. The van der Waals surface area contributed by atoms with Crippen LogP contribution in [0.2, 0.25) is 0 Å². The second kappa shape index (κ2) is 4.63. The van der Waals surface area contributed by atoms with Gasteiger partial charge < -0.3 is 10.5 Å². The van der Waals surface area contributed by atoms with Gasteiger partial charge in [-0.25, -0.2) is 4.79 Å². The average Bonchev–Trinajstić information content (AvgIpc) is 2.82. The van der Waals surface area contributed by atoms with Crippen LogP contribution in [0.5, 0.6) is 0 Å². The highest BCUT2D eigenvalue weighted by atomic mass is 16.6. The number of nitrogens with two attached hydrogens (primary N) is 1. The number of anilines is 1. The van der Waals surface area contributed by atoms with Crippen LogP contribution < -0.4 is 5.73 Å². The molecule has 5 nitrogen and oxygen atoms in total. The molecule has 0 unspecified atom stereocenters. The molecule has 1 aliphatic rings. The zero-order chi connectivity index (χ0) is 13.3. The summed E-state index contributed by atoms with van der Waals surface area (Å²) in [5.74, 6) is 0.794. The third-order valence-corrected chi connectivity index (χ3v) is 3.10. The first-order chi connectivity index (χ1) is 8.37. The average molecular weight is 251 g/mol. The topological polar surface area (TPSA) is 70.1 Å². The van der Waals surface area contributed by atoms with E-state index in [9.17, 15) is 4.79 Å². The van der Waals surface area contributed by atoms with Gasteiger partial charge >= 0.3 is 6.09 Å².